The van der Waals surface area contributed by atoms with Crippen molar-refractivity contribution in [3.63, 3.8) is 0 Å². The number of ether oxygens (including phenoxy) is 1. The van der Waals surface area contributed by atoms with Crippen molar-refractivity contribution in [2.75, 3.05) is 18.0 Å². The summed E-state index contributed by atoms with van der Waals surface area (Å²) in [5, 5.41) is 2.82. The third kappa shape index (κ3) is 5.26. The van der Waals surface area contributed by atoms with Gasteiger partial charge in [0.25, 0.3) is 10.0 Å². The molecule has 0 aliphatic heterocycles. The molecule has 0 aliphatic rings. The summed E-state index contributed by atoms with van der Waals surface area (Å²) in [4.78, 5) is 12.9. The molecule has 1 N–H and O–H groups in total. The van der Waals surface area contributed by atoms with Gasteiger partial charge in [-0.1, -0.05) is 35.9 Å². The van der Waals surface area contributed by atoms with Crippen LogP contribution in [0.2, 0.25) is 0 Å². The lowest BCUT2D eigenvalue weighted by Crippen LogP contribution is -2.41. The first-order valence-corrected chi connectivity index (χ1v) is 11.4. The van der Waals surface area contributed by atoms with Crippen LogP contribution < -0.4 is 14.4 Å². The SMILES string of the molecule is COc1ccccc1[C@@H](C)NC(=O)CN(c1ccc(F)cc1)S(=O)(=O)c1ccc(C)cc1. The fraction of sp³-hybridized carbons (Fsp3) is 0.208. The van der Waals surface area contributed by atoms with Gasteiger partial charge >= 0.3 is 0 Å². The molecule has 3 aromatic carbocycles. The number of methoxy groups -OCH3 is 1. The number of hydrogen-bond donors (Lipinski definition) is 1. The van der Waals surface area contributed by atoms with Crippen LogP contribution in [0.4, 0.5) is 10.1 Å². The van der Waals surface area contributed by atoms with Gasteiger partial charge in [-0.05, 0) is 56.3 Å². The van der Waals surface area contributed by atoms with Gasteiger partial charge in [-0.2, -0.15) is 0 Å². The summed E-state index contributed by atoms with van der Waals surface area (Å²) in [5.74, 6) is -0.401. The molecule has 0 saturated carbocycles. The van der Waals surface area contributed by atoms with Crippen molar-refractivity contribution < 1.29 is 22.3 Å². The van der Waals surface area contributed by atoms with Crippen LogP contribution in [0.3, 0.4) is 0 Å². The van der Waals surface area contributed by atoms with Gasteiger partial charge in [0.1, 0.15) is 18.1 Å². The Hall–Kier alpha value is -3.39. The number of sulfonamides is 1. The standard InChI is InChI=1S/C24H25FN2O4S/c1-17-8-14-21(15-9-17)32(29,30)27(20-12-10-19(25)11-13-20)16-24(28)26-18(2)22-6-4-5-7-23(22)31-3/h4-15,18H,16H2,1-3H3,(H,26,28)/t18-/m1/s1. The van der Waals surface area contributed by atoms with E-state index in [1.165, 1.54) is 31.4 Å². The van der Waals surface area contributed by atoms with Crippen molar-refractivity contribution in [1.82, 2.24) is 5.32 Å². The van der Waals surface area contributed by atoms with Gasteiger partial charge in [0, 0.05) is 5.56 Å². The van der Waals surface area contributed by atoms with Crippen LogP contribution >= 0.6 is 0 Å². The number of rotatable bonds is 8. The van der Waals surface area contributed by atoms with Gasteiger partial charge in [-0.25, -0.2) is 12.8 Å². The highest BCUT2D eigenvalue weighted by Gasteiger charge is 2.28. The maximum Gasteiger partial charge on any atom is 0.264 e. The number of nitrogens with one attached hydrogen (secondary N) is 1. The second kappa shape index (κ2) is 9.82. The van der Waals surface area contributed by atoms with E-state index >= 15 is 0 Å². The van der Waals surface area contributed by atoms with Gasteiger partial charge in [-0.3, -0.25) is 9.10 Å². The quantitative estimate of drug-likeness (QED) is 0.551. The summed E-state index contributed by atoms with van der Waals surface area (Å²) in [7, 11) is -2.53. The molecule has 1 atom stereocenters. The number of nitrogens with zero attached hydrogens (tertiary/aromatic N) is 1. The topological polar surface area (TPSA) is 75.7 Å². The molecule has 0 radical (unpaired) electrons. The predicted molar refractivity (Wildman–Crippen MR) is 122 cm³/mol. The lowest BCUT2D eigenvalue weighted by Gasteiger charge is -2.25. The monoisotopic (exact) mass is 456 g/mol. The Balaban J connectivity index is 1.89. The van der Waals surface area contributed by atoms with Gasteiger partial charge in [0.2, 0.25) is 5.91 Å². The van der Waals surface area contributed by atoms with Crippen LogP contribution in [-0.2, 0) is 14.8 Å². The highest BCUT2D eigenvalue weighted by molar-refractivity contribution is 7.92. The van der Waals surface area contributed by atoms with Crippen molar-refractivity contribution in [2.45, 2.75) is 24.8 Å². The molecule has 0 aromatic heterocycles. The zero-order valence-electron chi connectivity index (χ0n) is 18.1. The summed E-state index contributed by atoms with van der Waals surface area (Å²) >= 11 is 0. The molecule has 8 heteroatoms. The second-order valence-corrected chi connectivity index (χ2v) is 9.19. The smallest absolute Gasteiger partial charge is 0.264 e. The van der Waals surface area contributed by atoms with Crippen molar-refractivity contribution in [3.05, 3.63) is 89.7 Å². The molecule has 0 bridgehead atoms. The zero-order valence-corrected chi connectivity index (χ0v) is 18.9. The molecule has 3 aromatic rings. The Morgan fingerprint density at radius 3 is 2.28 bits per heavy atom. The van der Waals surface area contributed by atoms with Crippen molar-refractivity contribution in [1.29, 1.82) is 0 Å². The highest BCUT2D eigenvalue weighted by Crippen LogP contribution is 2.26. The molecule has 0 saturated heterocycles. The maximum absolute atomic E-state index is 13.4. The second-order valence-electron chi connectivity index (χ2n) is 7.33. The fourth-order valence-electron chi connectivity index (χ4n) is 3.28. The minimum atomic E-state index is -4.07. The average molecular weight is 457 g/mol. The molecule has 6 nitrogen and oxygen atoms in total. The molecule has 0 aliphatic carbocycles. The van der Waals surface area contributed by atoms with Gasteiger partial charge in [-0.15, -0.1) is 0 Å². The van der Waals surface area contributed by atoms with Crippen molar-refractivity contribution >= 4 is 21.6 Å². The largest absolute Gasteiger partial charge is 0.496 e. The zero-order chi connectivity index (χ0) is 23.3. The van der Waals surface area contributed by atoms with E-state index in [9.17, 15) is 17.6 Å². The normalized spacial score (nSPS) is 12.1. The minimum absolute atomic E-state index is 0.0398. The van der Waals surface area contributed by atoms with E-state index in [-0.39, 0.29) is 10.6 Å². The lowest BCUT2D eigenvalue weighted by molar-refractivity contribution is -0.120. The molecular formula is C24H25FN2O4S. The Labute approximate surface area is 187 Å². The number of para-hydroxylation sites is 1. The molecule has 0 heterocycles. The summed E-state index contributed by atoms with van der Waals surface area (Å²) < 4.78 is 46.5. The maximum atomic E-state index is 13.4. The third-order valence-corrected chi connectivity index (χ3v) is 6.78. The average Bonchev–Trinajstić information content (AvgIpc) is 2.78. The Morgan fingerprint density at radius 1 is 1.03 bits per heavy atom. The minimum Gasteiger partial charge on any atom is -0.496 e. The number of amides is 1. The van der Waals surface area contributed by atoms with Crippen LogP contribution in [0, 0.1) is 12.7 Å². The van der Waals surface area contributed by atoms with Gasteiger partial charge in [0.15, 0.2) is 0 Å². The summed E-state index contributed by atoms with van der Waals surface area (Å²) in [6, 6.07) is 18.1. The van der Waals surface area contributed by atoms with Crippen LogP contribution in [0.25, 0.3) is 0 Å². The first-order chi connectivity index (χ1) is 15.2. The molecule has 1 amide bonds. The lowest BCUT2D eigenvalue weighted by atomic mass is 10.1. The van der Waals surface area contributed by atoms with E-state index < -0.39 is 34.3 Å². The number of benzene rings is 3. The number of anilines is 1. The Morgan fingerprint density at radius 2 is 1.66 bits per heavy atom. The molecule has 168 valence electrons. The molecule has 0 spiro atoms. The number of aryl methyl sites for hydroxylation is 1. The van der Waals surface area contributed by atoms with Crippen LogP contribution in [-0.4, -0.2) is 28.0 Å². The summed E-state index contributed by atoms with van der Waals surface area (Å²) in [5.41, 5.74) is 1.85. The molecule has 0 fully saturated rings. The first kappa shape index (κ1) is 23.3. The van der Waals surface area contributed by atoms with Crippen molar-refractivity contribution in [3.8, 4) is 5.75 Å². The predicted octanol–water partition coefficient (Wildman–Crippen LogP) is 4.22. The number of carbonyl (C=O) groups excluding carboxylic acids is 1. The van der Waals surface area contributed by atoms with Gasteiger partial charge in [0.05, 0.1) is 23.7 Å². The van der Waals surface area contributed by atoms with Gasteiger partial charge < -0.3 is 10.1 Å². The first-order valence-electron chi connectivity index (χ1n) is 9.99. The third-order valence-electron chi connectivity index (χ3n) is 4.99. The number of carbonyl (C=O) groups is 1. The van der Waals surface area contributed by atoms with Crippen molar-refractivity contribution in [2.24, 2.45) is 0 Å². The molecule has 0 unspecified atom stereocenters. The van der Waals surface area contributed by atoms with E-state index in [2.05, 4.69) is 5.32 Å². The highest BCUT2D eigenvalue weighted by atomic mass is 32.2. The molecule has 3 rings (SSSR count). The van der Waals surface area contributed by atoms with E-state index in [0.29, 0.717) is 5.75 Å². The molecular weight excluding hydrogens is 431 g/mol. The van der Waals surface area contributed by atoms with E-state index in [1.54, 1.807) is 25.1 Å². The Kier molecular flexibility index (Phi) is 7.15. The van der Waals surface area contributed by atoms with Crippen LogP contribution in [0.5, 0.6) is 5.75 Å². The molecule has 32 heavy (non-hydrogen) atoms. The summed E-state index contributed by atoms with van der Waals surface area (Å²) in [6.45, 7) is 3.16. The van der Waals surface area contributed by atoms with Crippen LogP contribution in [0.1, 0.15) is 24.1 Å². The summed E-state index contributed by atoms with van der Waals surface area (Å²) in [6.07, 6.45) is 0. The fourth-order valence-corrected chi connectivity index (χ4v) is 4.70. The Bertz CT molecular complexity index is 1180. The van der Waals surface area contributed by atoms with E-state index in [0.717, 1.165) is 27.6 Å². The van der Waals surface area contributed by atoms with E-state index in [4.69, 9.17) is 4.74 Å². The van der Waals surface area contributed by atoms with Crippen LogP contribution in [0.15, 0.2) is 77.7 Å². The number of halogens is 1. The van der Waals surface area contributed by atoms with E-state index in [1.807, 2.05) is 25.1 Å². The number of hydrogen-bond acceptors (Lipinski definition) is 4.